The highest BCUT2D eigenvalue weighted by atomic mass is 16.5. The number of aromatic hydroxyl groups is 2. The summed E-state index contributed by atoms with van der Waals surface area (Å²) in [5.41, 5.74) is 3.06. The van der Waals surface area contributed by atoms with E-state index in [1.807, 2.05) is 25.1 Å². The Labute approximate surface area is 112 Å². The predicted molar refractivity (Wildman–Crippen MR) is 72.6 cm³/mol. The van der Waals surface area contributed by atoms with Gasteiger partial charge in [0.25, 0.3) is 0 Å². The fourth-order valence-corrected chi connectivity index (χ4v) is 2.55. The van der Waals surface area contributed by atoms with E-state index in [0.29, 0.717) is 5.75 Å². The summed E-state index contributed by atoms with van der Waals surface area (Å²) in [4.78, 5) is 0. The number of fused-ring (bicyclic) bond motifs is 1. The lowest BCUT2D eigenvalue weighted by atomic mass is 9.94. The van der Waals surface area contributed by atoms with E-state index in [1.54, 1.807) is 18.2 Å². The maximum atomic E-state index is 9.71. The maximum absolute atomic E-state index is 9.71. The minimum atomic E-state index is 0.0112. The summed E-state index contributed by atoms with van der Waals surface area (Å²) >= 11 is 0. The summed E-state index contributed by atoms with van der Waals surface area (Å²) in [6.07, 6.45) is 1.78. The van der Waals surface area contributed by atoms with Gasteiger partial charge >= 0.3 is 0 Å². The summed E-state index contributed by atoms with van der Waals surface area (Å²) in [6.45, 7) is 1.92. The van der Waals surface area contributed by atoms with Crippen molar-refractivity contribution in [2.24, 2.45) is 0 Å². The Kier molecular flexibility index (Phi) is 2.82. The van der Waals surface area contributed by atoms with E-state index in [2.05, 4.69) is 0 Å². The SMILES string of the molecule is Cc1c(O)ccc2c1CC[C@@H](c1ccc(O)cc1)O2. The van der Waals surface area contributed by atoms with Crippen molar-refractivity contribution >= 4 is 0 Å². The second-order valence-electron chi connectivity index (χ2n) is 4.92. The molecule has 1 atom stereocenters. The van der Waals surface area contributed by atoms with E-state index < -0.39 is 0 Å². The van der Waals surface area contributed by atoms with Crippen LogP contribution in [0.25, 0.3) is 0 Å². The molecular weight excluding hydrogens is 240 g/mol. The Morgan fingerprint density at radius 2 is 1.79 bits per heavy atom. The molecule has 3 rings (SSSR count). The molecule has 0 bridgehead atoms. The minimum absolute atomic E-state index is 0.0112. The Balaban J connectivity index is 1.90. The lowest BCUT2D eigenvalue weighted by molar-refractivity contribution is 0.176. The van der Waals surface area contributed by atoms with E-state index in [1.165, 1.54) is 0 Å². The molecule has 1 heterocycles. The summed E-state index contributed by atoms with van der Waals surface area (Å²) in [5.74, 6) is 1.44. The zero-order valence-electron chi connectivity index (χ0n) is 10.8. The summed E-state index contributed by atoms with van der Waals surface area (Å²) < 4.78 is 6.00. The van der Waals surface area contributed by atoms with Crippen molar-refractivity contribution in [2.75, 3.05) is 0 Å². The van der Waals surface area contributed by atoms with Crippen LogP contribution in [0.1, 0.15) is 29.2 Å². The number of phenols is 2. The van der Waals surface area contributed by atoms with Gasteiger partial charge in [0.05, 0.1) is 0 Å². The Bertz CT molecular complexity index is 602. The molecule has 1 aliphatic rings. The largest absolute Gasteiger partial charge is 0.508 e. The van der Waals surface area contributed by atoms with Gasteiger partial charge in [-0.3, -0.25) is 0 Å². The first-order valence-corrected chi connectivity index (χ1v) is 6.42. The van der Waals surface area contributed by atoms with Gasteiger partial charge in [-0.15, -0.1) is 0 Å². The van der Waals surface area contributed by atoms with Crippen LogP contribution in [0.2, 0.25) is 0 Å². The van der Waals surface area contributed by atoms with Crippen LogP contribution in [0, 0.1) is 6.92 Å². The summed E-state index contributed by atoms with van der Waals surface area (Å²) in [7, 11) is 0. The molecule has 0 radical (unpaired) electrons. The first-order valence-electron chi connectivity index (χ1n) is 6.42. The fraction of sp³-hybridized carbons (Fsp3) is 0.250. The third kappa shape index (κ3) is 2.12. The van der Waals surface area contributed by atoms with Crippen LogP contribution in [-0.2, 0) is 6.42 Å². The lowest BCUT2D eigenvalue weighted by Gasteiger charge is -2.27. The molecule has 98 valence electrons. The highest BCUT2D eigenvalue weighted by Gasteiger charge is 2.23. The second-order valence-corrected chi connectivity index (χ2v) is 4.92. The molecule has 0 fully saturated rings. The van der Waals surface area contributed by atoms with Gasteiger partial charge in [-0.1, -0.05) is 12.1 Å². The Hall–Kier alpha value is -2.16. The second kappa shape index (κ2) is 4.50. The van der Waals surface area contributed by atoms with Crippen LogP contribution in [0.15, 0.2) is 36.4 Å². The Morgan fingerprint density at radius 1 is 1.05 bits per heavy atom. The number of phenolic OH excluding ortho intramolecular Hbond substituents is 2. The normalized spacial score (nSPS) is 17.6. The standard InChI is InChI=1S/C16H16O3/c1-10-13-6-8-15(11-2-4-12(17)5-3-11)19-16(13)9-7-14(10)18/h2-5,7,9,15,17-18H,6,8H2,1H3/t15-/m0/s1. The van der Waals surface area contributed by atoms with Crippen LogP contribution < -0.4 is 4.74 Å². The number of rotatable bonds is 1. The number of hydrogen-bond donors (Lipinski definition) is 2. The van der Waals surface area contributed by atoms with E-state index in [4.69, 9.17) is 4.74 Å². The van der Waals surface area contributed by atoms with Gasteiger partial charge in [0.2, 0.25) is 0 Å². The van der Waals surface area contributed by atoms with E-state index in [0.717, 1.165) is 35.3 Å². The Morgan fingerprint density at radius 3 is 2.53 bits per heavy atom. The van der Waals surface area contributed by atoms with Crippen molar-refractivity contribution in [2.45, 2.75) is 25.9 Å². The van der Waals surface area contributed by atoms with Crippen LogP contribution >= 0.6 is 0 Å². The third-order valence-electron chi connectivity index (χ3n) is 3.72. The van der Waals surface area contributed by atoms with Gasteiger partial charge in [0.15, 0.2) is 0 Å². The molecule has 3 heteroatoms. The van der Waals surface area contributed by atoms with Crippen molar-refractivity contribution in [3.8, 4) is 17.2 Å². The van der Waals surface area contributed by atoms with Gasteiger partial charge in [-0.25, -0.2) is 0 Å². The molecule has 0 aromatic heterocycles. The van der Waals surface area contributed by atoms with Crippen LogP contribution in [0.5, 0.6) is 17.2 Å². The molecule has 0 spiro atoms. The van der Waals surface area contributed by atoms with Crippen LogP contribution in [-0.4, -0.2) is 10.2 Å². The van der Waals surface area contributed by atoms with Crippen molar-refractivity contribution in [1.82, 2.24) is 0 Å². The molecule has 3 nitrogen and oxygen atoms in total. The maximum Gasteiger partial charge on any atom is 0.124 e. The van der Waals surface area contributed by atoms with E-state index in [-0.39, 0.29) is 11.9 Å². The molecule has 0 unspecified atom stereocenters. The molecule has 2 N–H and O–H groups in total. The fourth-order valence-electron chi connectivity index (χ4n) is 2.55. The first-order chi connectivity index (χ1) is 9.15. The highest BCUT2D eigenvalue weighted by molar-refractivity contribution is 5.48. The number of hydrogen-bond acceptors (Lipinski definition) is 3. The molecule has 2 aromatic rings. The van der Waals surface area contributed by atoms with E-state index >= 15 is 0 Å². The monoisotopic (exact) mass is 256 g/mol. The third-order valence-corrected chi connectivity index (χ3v) is 3.72. The lowest BCUT2D eigenvalue weighted by Crippen LogP contribution is -2.15. The quantitative estimate of drug-likeness (QED) is 0.821. The van der Waals surface area contributed by atoms with Crippen molar-refractivity contribution in [1.29, 1.82) is 0 Å². The molecule has 0 saturated heterocycles. The van der Waals surface area contributed by atoms with Crippen LogP contribution in [0.4, 0.5) is 0 Å². The van der Waals surface area contributed by atoms with Crippen molar-refractivity contribution in [3.05, 3.63) is 53.1 Å². The van der Waals surface area contributed by atoms with Crippen molar-refractivity contribution < 1.29 is 14.9 Å². The van der Waals surface area contributed by atoms with E-state index in [9.17, 15) is 10.2 Å². The topological polar surface area (TPSA) is 49.7 Å². The van der Waals surface area contributed by atoms with Crippen molar-refractivity contribution in [3.63, 3.8) is 0 Å². The summed E-state index contributed by atoms with van der Waals surface area (Å²) in [5, 5.41) is 19.0. The zero-order chi connectivity index (χ0) is 13.4. The molecule has 2 aromatic carbocycles. The van der Waals surface area contributed by atoms with Gasteiger partial charge in [-0.2, -0.15) is 0 Å². The first kappa shape index (κ1) is 11.9. The van der Waals surface area contributed by atoms with Gasteiger partial charge in [0.1, 0.15) is 23.4 Å². The molecule has 19 heavy (non-hydrogen) atoms. The predicted octanol–water partition coefficient (Wildman–Crippen LogP) is 3.47. The van der Waals surface area contributed by atoms with Gasteiger partial charge < -0.3 is 14.9 Å². The molecule has 1 aliphatic heterocycles. The van der Waals surface area contributed by atoms with Gasteiger partial charge in [-0.05, 0) is 55.2 Å². The number of benzene rings is 2. The smallest absolute Gasteiger partial charge is 0.124 e. The summed E-state index contributed by atoms with van der Waals surface area (Å²) in [6, 6.07) is 10.6. The highest BCUT2D eigenvalue weighted by Crippen LogP contribution is 2.39. The average molecular weight is 256 g/mol. The molecule has 0 saturated carbocycles. The van der Waals surface area contributed by atoms with Gasteiger partial charge in [0, 0.05) is 5.56 Å². The number of ether oxygens (including phenoxy) is 1. The zero-order valence-corrected chi connectivity index (χ0v) is 10.8. The minimum Gasteiger partial charge on any atom is -0.508 e. The molecular formula is C16H16O3. The van der Waals surface area contributed by atoms with Crippen LogP contribution in [0.3, 0.4) is 0 Å². The molecule has 0 aliphatic carbocycles. The molecule has 0 amide bonds. The average Bonchev–Trinajstić information content (AvgIpc) is 2.43.